The van der Waals surface area contributed by atoms with Gasteiger partial charge in [0, 0.05) is 0 Å². The molecule has 2 nitrogen and oxygen atoms in total. The molecule has 0 spiro atoms. The number of fused-ring (bicyclic) bond motifs is 3. The minimum atomic E-state index is -1.99. The molecule has 0 aliphatic carbocycles. The van der Waals surface area contributed by atoms with Gasteiger partial charge in [0.25, 0.3) is 0 Å². The van der Waals surface area contributed by atoms with Gasteiger partial charge in [-0.25, -0.2) is 0 Å². The fourth-order valence-electron chi connectivity index (χ4n) is 4.37. The first kappa shape index (κ1) is 17.2. The molecule has 4 rings (SSSR count). The molecule has 130 valence electrons. The summed E-state index contributed by atoms with van der Waals surface area (Å²) in [6, 6.07) is 17.1. The molecule has 3 aromatic carbocycles. The van der Waals surface area contributed by atoms with Crippen LogP contribution in [0.5, 0.6) is 0 Å². The zero-order valence-electron chi connectivity index (χ0n) is 16.1. The fourth-order valence-corrected chi connectivity index (χ4v) is 9.62. The van der Waals surface area contributed by atoms with Crippen molar-refractivity contribution in [3.05, 3.63) is 66.0 Å². The average Bonchev–Trinajstić information content (AvgIpc) is 2.60. The zero-order valence-corrected chi connectivity index (χ0v) is 18.2. The number of aryl methyl sites for hydroxylation is 2. The van der Waals surface area contributed by atoms with Crippen molar-refractivity contribution in [1.82, 2.24) is 9.97 Å². The van der Waals surface area contributed by atoms with E-state index in [1.165, 1.54) is 21.9 Å². The Morgan fingerprint density at radius 2 is 1.58 bits per heavy atom. The van der Waals surface area contributed by atoms with Gasteiger partial charge in [0.2, 0.25) is 0 Å². The normalized spacial score (nSPS) is 12.0. The molecule has 0 unspecified atom stereocenters. The fraction of sp³-hybridized carbons (Fsp3) is 0.217. The van der Waals surface area contributed by atoms with Crippen molar-refractivity contribution in [2.24, 2.45) is 0 Å². The van der Waals surface area contributed by atoms with Crippen molar-refractivity contribution in [2.75, 3.05) is 0 Å². The maximum absolute atomic E-state index is 4.72. The standard InChI is InChI=1S/C23H24GeN2/c1-15-13-18-11-12-19-22(17-9-7-6-8-10-17)25-14-26-23(19)20(18)16(2)21(15)24(3,4)5/h6-14H,1-5H3. The van der Waals surface area contributed by atoms with Gasteiger partial charge in [0.15, 0.2) is 0 Å². The van der Waals surface area contributed by atoms with E-state index >= 15 is 0 Å². The molecule has 1 heterocycles. The van der Waals surface area contributed by atoms with Gasteiger partial charge in [-0.15, -0.1) is 0 Å². The summed E-state index contributed by atoms with van der Waals surface area (Å²) < 4.78 is 1.60. The first-order chi connectivity index (χ1) is 12.4. The van der Waals surface area contributed by atoms with Crippen LogP contribution >= 0.6 is 0 Å². The van der Waals surface area contributed by atoms with Gasteiger partial charge in [-0.2, -0.15) is 0 Å². The number of hydrogen-bond acceptors (Lipinski definition) is 2. The topological polar surface area (TPSA) is 25.8 Å². The van der Waals surface area contributed by atoms with Gasteiger partial charge >= 0.3 is 158 Å². The Bertz CT molecular complexity index is 1130. The Morgan fingerprint density at radius 1 is 0.846 bits per heavy atom. The summed E-state index contributed by atoms with van der Waals surface area (Å²) in [7, 11) is 0. The van der Waals surface area contributed by atoms with Crippen molar-refractivity contribution in [3.8, 4) is 11.3 Å². The predicted molar refractivity (Wildman–Crippen MR) is 115 cm³/mol. The summed E-state index contributed by atoms with van der Waals surface area (Å²) in [4.78, 5) is 9.32. The van der Waals surface area contributed by atoms with Crippen LogP contribution in [-0.2, 0) is 0 Å². The van der Waals surface area contributed by atoms with Crippen molar-refractivity contribution >= 4 is 39.3 Å². The Hall–Kier alpha value is -2.20. The number of benzene rings is 3. The van der Waals surface area contributed by atoms with Crippen molar-refractivity contribution in [1.29, 1.82) is 0 Å². The van der Waals surface area contributed by atoms with E-state index in [4.69, 9.17) is 4.98 Å². The summed E-state index contributed by atoms with van der Waals surface area (Å²) in [6.07, 6.45) is 1.71. The van der Waals surface area contributed by atoms with Crippen molar-refractivity contribution < 1.29 is 0 Å². The van der Waals surface area contributed by atoms with Gasteiger partial charge in [-0.1, -0.05) is 0 Å². The predicted octanol–water partition coefficient (Wildman–Crippen LogP) is 5.61. The van der Waals surface area contributed by atoms with Crippen LogP contribution < -0.4 is 4.40 Å². The second kappa shape index (κ2) is 6.20. The Balaban J connectivity index is 2.14. The van der Waals surface area contributed by atoms with Gasteiger partial charge in [0.1, 0.15) is 0 Å². The molecule has 0 aliphatic heterocycles. The van der Waals surface area contributed by atoms with Crippen molar-refractivity contribution in [3.63, 3.8) is 0 Å². The molecule has 1 aromatic heterocycles. The van der Waals surface area contributed by atoms with Crippen LogP contribution in [0, 0.1) is 13.8 Å². The zero-order chi connectivity index (χ0) is 18.5. The number of hydrogen-bond donors (Lipinski definition) is 0. The van der Waals surface area contributed by atoms with Crippen LogP contribution in [0.4, 0.5) is 0 Å². The van der Waals surface area contributed by atoms with Crippen molar-refractivity contribution in [2.45, 2.75) is 31.1 Å². The molecular weight excluding hydrogens is 377 g/mol. The maximum atomic E-state index is 4.72. The molecule has 4 aromatic rings. The molecule has 3 heteroatoms. The molecule has 0 N–H and O–H groups in total. The first-order valence-electron chi connectivity index (χ1n) is 9.11. The molecule has 26 heavy (non-hydrogen) atoms. The molecular formula is C23H24GeN2. The van der Waals surface area contributed by atoms with Crippen LogP contribution in [0.25, 0.3) is 32.9 Å². The number of rotatable bonds is 2. The van der Waals surface area contributed by atoms with E-state index in [2.05, 4.69) is 78.6 Å². The number of aromatic nitrogens is 2. The van der Waals surface area contributed by atoms with Crippen LogP contribution in [0.2, 0.25) is 17.3 Å². The Labute approximate surface area is 157 Å². The second-order valence-corrected chi connectivity index (χ2v) is 18.6. The van der Waals surface area contributed by atoms with Crippen LogP contribution in [-0.4, -0.2) is 23.2 Å². The Morgan fingerprint density at radius 3 is 2.27 bits per heavy atom. The first-order valence-corrected chi connectivity index (χ1v) is 16.5. The average molecular weight is 401 g/mol. The number of nitrogens with zero attached hydrogens (tertiary/aromatic N) is 2. The molecule has 0 radical (unpaired) electrons. The monoisotopic (exact) mass is 402 g/mol. The van der Waals surface area contributed by atoms with E-state index in [0.29, 0.717) is 0 Å². The Kier molecular flexibility index (Phi) is 4.11. The van der Waals surface area contributed by atoms with Crippen LogP contribution in [0.3, 0.4) is 0 Å². The molecule has 0 saturated heterocycles. The third kappa shape index (κ3) is 2.73. The molecule has 0 saturated carbocycles. The SMILES string of the molecule is Cc1cc2ccc3c(-c4ccccc4)ncnc3c2c(C)[c]1[Ge]([CH3])([CH3])[CH3]. The van der Waals surface area contributed by atoms with E-state index in [-0.39, 0.29) is 0 Å². The van der Waals surface area contributed by atoms with E-state index in [1.54, 1.807) is 10.7 Å². The van der Waals surface area contributed by atoms with E-state index < -0.39 is 13.3 Å². The summed E-state index contributed by atoms with van der Waals surface area (Å²) >= 11 is -1.99. The summed E-state index contributed by atoms with van der Waals surface area (Å²) in [5, 5.41) is 3.70. The summed E-state index contributed by atoms with van der Waals surface area (Å²) in [5.41, 5.74) is 6.06. The third-order valence-electron chi connectivity index (χ3n) is 5.15. The second-order valence-electron chi connectivity index (χ2n) is 8.09. The summed E-state index contributed by atoms with van der Waals surface area (Å²) in [6.45, 7) is 4.54. The van der Waals surface area contributed by atoms with Crippen LogP contribution in [0.15, 0.2) is 54.9 Å². The van der Waals surface area contributed by atoms with E-state index in [0.717, 1.165) is 22.2 Å². The van der Waals surface area contributed by atoms with E-state index in [1.807, 2.05) is 6.07 Å². The van der Waals surface area contributed by atoms with Gasteiger partial charge in [-0.3, -0.25) is 0 Å². The van der Waals surface area contributed by atoms with Crippen LogP contribution in [0.1, 0.15) is 11.1 Å². The van der Waals surface area contributed by atoms with Gasteiger partial charge in [-0.05, 0) is 0 Å². The minimum absolute atomic E-state index is 1.01. The third-order valence-corrected chi connectivity index (χ3v) is 9.91. The molecule has 0 amide bonds. The van der Waals surface area contributed by atoms with Gasteiger partial charge < -0.3 is 0 Å². The quantitative estimate of drug-likeness (QED) is 0.322. The molecule has 0 bridgehead atoms. The summed E-state index contributed by atoms with van der Waals surface area (Å²) in [5.74, 6) is 7.41. The molecule has 0 fully saturated rings. The van der Waals surface area contributed by atoms with E-state index in [9.17, 15) is 0 Å². The van der Waals surface area contributed by atoms with Gasteiger partial charge in [0.05, 0.1) is 0 Å². The molecule has 0 atom stereocenters. The molecule has 0 aliphatic rings.